The van der Waals surface area contributed by atoms with Gasteiger partial charge in [-0.2, -0.15) is 4.98 Å². The van der Waals surface area contributed by atoms with Gasteiger partial charge in [0.15, 0.2) is 0 Å². The minimum atomic E-state index is 0.604. The Bertz CT molecular complexity index is 786. The van der Waals surface area contributed by atoms with Gasteiger partial charge in [0, 0.05) is 16.4 Å². The van der Waals surface area contributed by atoms with E-state index in [2.05, 4.69) is 61.3 Å². The zero-order valence-corrected chi connectivity index (χ0v) is 14.9. The van der Waals surface area contributed by atoms with Gasteiger partial charge in [-0.25, -0.2) is 0 Å². The highest BCUT2D eigenvalue weighted by molar-refractivity contribution is 9.10. The average molecular weight is 390 g/mol. The molecule has 0 bridgehead atoms. The van der Waals surface area contributed by atoms with Crippen LogP contribution in [0.25, 0.3) is 10.7 Å². The fourth-order valence-electron chi connectivity index (χ4n) is 3.01. The molecule has 0 spiro atoms. The second-order valence-corrected chi connectivity index (χ2v) is 7.60. The summed E-state index contributed by atoms with van der Waals surface area (Å²) in [6, 6.07) is 12.7. The molecule has 1 aromatic carbocycles. The number of nitrogens with zero attached hydrogens (tertiary/aromatic N) is 3. The number of aromatic nitrogens is 2. The van der Waals surface area contributed by atoms with Crippen LogP contribution in [0.2, 0.25) is 0 Å². The highest BCUT2D eigenvalue weighted by Gasteiger charge is 2.25. The van der Waals surface area contributed by atoms with E-state index in [1.165, 1.54) is 12.0 Å². The molecule has 1 unspecified atom stereocenters. The molecule has 2 aromatic heterocycles. The zero-order valence-electron chi connectivity index (χ0n) is 12.5. The van der Waals surface area contributed by atoms with E-state index >= 15 is 0 Å². The average Bonchev–Trinajstić information content (AvgIpc) is 3.29. The summed E-state index contributed by atoms with van der Waals surface area (Å²) in [6.07, 6.45) is 1.18. The third-order valence-corrected chi connectivity index (χ3v) is 5.85. The van der Waals surface area contributed by atoms with E-state index in [4.69, 9.17) is 4.52 Å². The third-order valence-electron chi connectivity index (χ3n) is 4.16. The van der Waals surface area contributed by atoms with Gasteiger partial charge >= 0.3 is 0 Å². The molecule has 1 aliphatic rings. The molecule has 4 rings (SSSR count). The van der Waals surface area contributed by atoms with Crippen LogP contribution in [-0.4, -0.2) is 28.1 Å². The van der Waals surface area contributed by atoms with Crippen LogP contribution >= 0.6 is 27.3 Å². The van der Waals surface area contributed by atoms with Crippen LogP contribution in [-0.2, 0) is 6.54 Å². The topological polar surface area (TPSA) is 42.2 Å². The first kappa shape index (κ1) is 15.1. The van der Waals surface area contributed by atoms with Crippen molar-refractivity contribution in [1.82, 2.24) is 15.0 Å². The highest BCUT2D eigenvalue weighted by atomic mass is 79.9. The Hall–Kier alpha value is -1.50. The summed E-state index contributed by atoms with van der Waals surface area (Å²) in [5.74, 6) is 1.97. The standard InChI is InChI=1S/C17H16BrN3OS/c18-14-8-15(23-11-14)17-19-16(22-20-17)10-21-7-6-13(9-21)12-4-2-1-3-5-12/h1-5,8,11,13H,6-7,9-10H2. The Labute approximate surface area is 147 Å². The minimum absolute atomic E-state index is 0.604. The van der Waals surface area contributed by atoms with Crippen LogP contribution in [0, 0.1) is 0 Å². The predicted molar refractivity (Wildman–Crippen MR) is 94.4 cm³/mol. The lowest BCUT2D eigenvalue weighted by Gasteiger charge is -2.13. The molecule has 0 amide bonds. The van der Waals surface area contributed by atoms with Crippen LogP contribution in [0.5, 0.6) is 0 Å². The van der Waals surface area contributed by atoms with Crippen molar-refractivity contribution in [2.75, 3.05) is 13.1 Å². The van der Waals surface area contributed by atoms with Crippen molar-refractivity contribution in [3.63, 3.8) is 0 Å². The van der Waals surface area contributed by atoms with Crippen molar-refractivity contribution < 1.29 is 4.52 Å². The van der Waals surface area contributed by atoms with E-state index in [1.54, 1.807) is 11.3 Å². The summed E-state index contributed by atoms with van der Waals surface area (Å²) in [7, 11) is 0. The SMILES string of the molecule is Brc1csc(-c2noc(CN3CCC(c4ccccc4)C3)n2)c1. The molecule has 0 N–H and O–H groups in total. The van der Waals surface area contributed by atoms with Crippen molar-refractivity contribution in [2.24, 2.45) is 0 Å². The summed E-state index contributed by atoms with van der Waals surface area (Å²) in [5.41, 5.74) is 1.42. The van der Waals surface area contributed by atoms with Crippen molar-refractivity contribution >= 4 is 27.3 Å². The molecule has 1 atom stereocenters. The normalized spacial score (nSPS) is 18.6. The maximum Gasteiger partial charge on any atom is 0.241 e. The van der Waals surface area contributed by atoms with Crippen LogP contribution in [0.1, 0.15) is 23.8 Å². The molecule has 23 heavy (non-hydrogen) atoms. The zero-order chi connectivity index (χ0) is 15.6. The van der Waals surface area contributed by atoms with Crippen molar-refractivity contribution in [2.45, 2.75) is 18.9 Å². The number of likely N-dealkylation sites (tertiary alicyclic amines) is 1. The quantitative estimate of drug-likeness (QED) is 0.656. The number of hydrogen-bond acceptors (Lipinski definition) is 5. The van der Waals surface area contributed by atoms with E-state index in [0.717, 1.165) is 29.0 Å². The van der Waals surface area contributed by atoms with Gasteiger partial charge in [0.05, 0.1) is 11.4 Å². The molecule has 0 saturated carbocycles. The summed E-state index contributed by atoms with van der Waals surface area (Å²) in [4.78, 5) is 7.94. The molecule has 1 saturated heterocycles. The lowest BCUT2D eigenvalue weighted by molar-refractivity contribution is 0.265. The number of benzene rings is 1. The van der Waals surface area contributed by atoms with Crippen LogP contribution < -0.4 is 0 Å². The predicted octanol–water partition coefficient (Wildman–Crippen LogP) is 4.55. The molecule has 1 fully saturated rings. The summed E-state index contributed by atoms with van der Waals surface area (Å²) in [5, 5.41) is 6.12. The van der Waals surface area contributed by atoms with E-state index < -0.39 is 0 Å². The molecule has 4 nitrogen and oxygen atoms in total. The largest absolute Gasteiger partial charge is 0.338 e. The van der Waals surface area contributed by atoms with Crippen molar-refractivity contribution in [3.8, 4) is 10.7 Å². The number of rotatable bonds is 4. The summed E-state index contributed by atoms with van der Waals surface area (Å²) in [6.45, 7) is 2.84. The van der Waals surface area contributed by atoms with Gasteiger partial charge in [0.1, 0.15) is 0 Å². The Morgan fingerprint density at radius 1 is 1.30 bits per heavy atom. The third kappa shape index (κ3) is 3.39. The van der Waals surface area contributed by atoms with E-state index in [9.17, 15) is 0 Å². The number of thiophene rings is 1. The van der Waals surface area contributed by atoms with Crippen LogP contribution in [0.15, 0.2) is 50.8 Å². The Morgan fingerprint density at radius 3 is 2.96 bits per heavy atom. The first-order valence-corrected chi connectivity index (χ1v) is 9.29. The van der Waals surface area contributed by atoms with Gasteiger partial charge in [-0.3, -0.25) is 4.90 Å². The smallest absolute Gasteiger partial charge is 0.241 e. The van der Waals surface area contributed by atoms with E-state index in [1.807, 2.05) is 11.4 Å². The van der Waals surface area contributed by atoms with Crippen molar-refractivity contribution in [1.29, 1.82) is 0 Å². The fourth-order valence-corrected chi connectivity index (χ4v) is 4.37. The molecule has 118 valence electrons. The number of halogens is 1. The molecule has 1 aliphatic heterocycles. The van der Waals surface area contributed by atoms with Gasteiger partial charge in [0.2, 0.25) is 11.7 Å². The molecule has 0 aliphatic carbocycles. The lowest BCUT2D eigenvalue weighted by atomic mass is 9.99. The van der Waals surface area contributed by atoms with Crippen LogP contribution in [0.4, 0.5) is 0 Å². The molecule has 6 heteroatoms. The summed E-state index contributed by atoms with van der Waals surface area (Å²) < 4.78 is 6.47. The Balaban J connectivity index is 1.41. The van der Waals surface area contributed by atoms with E-state index in [0.29, 0.717) is 17.6 Å². The van der Waals surface area contributed by atoms with Gasteiger partial charge < -0.3 is 4.52 Å². The summed E-state index contributed by atoms with van der Waals surface area (Å²) >= 11 is 5.06. The maximum atomic E-state index is 5.42. The van der Waals surface area contributed by atoms with E-state index in [-0.39, 0.29) is 0 Å². The Morgan fingerprint density at radius 2 is 2.17 bits per heavy atom. The first-order chi connectivity index (χ1) is 11.3. The van der Waals surface area contributed by atoms with Gasteiger partial charge in [-0.1, -0.05) is 35.5 Å². The molecule has 3 heterocycles. The second-order valence-electron chi connectivity index (χ2n) is 5.77. The number of hydrogen-bond donors (Lipinski definition) is 0. The molecular weight excluding hydrogens is 374 g/mol. The first-order valence-electron chi connectivity index (χ1n) is 7.62. The second kappa shape index (κ2) is 6.55. The minimum Gasteiger partial charge on any atom is -0.338 e. The molecule has 3 aromatic rings. The highest BCUT2D eigenvalue weighted by Crippen LogP contribution is 2.30. The van der Waals surface area contributed by atoms with Crippen LogP contribution in [0.3, 0.4) is 0 Å². The fraction of sp³-hybridized carbons (Fsp3) is 0.294. The van der Waals surface area contributed by atoms with Crippen molar-refractivity contribution in [3.05, 3.63) is 57.7 Å². The van der Waals surface area contributed by atoms with Gasteiger partial charge in [0.25, 0.3) is 0 Å². The lowest BCUT2D eigenvalue weighted by Crippen LogP contribution is -2.19. The Kier molecular flexibility index (Phi) is 4.29. The molecular formula is C17H16BrN3OS. The molecule has 0 radical (unpaired) electrons. The van der Waals surface area contributed by atoms with Gasteiger partial charge in [-0.15, -0.1) is 11.3 Å². The maximum absolute atomic E-state index is 5.42. The monoisotopic (exact) mass is 389 g/mol. The van der Waals surface area contributed by atoms with Gasteiger partial charge in [-0.05, 0) is 46.4 Å².